The second kappa shape index (κ2) is 12.5. The molecule has 0 fully saturated rings. The normalized spacial score (nSPS) is 12.9. The van der Waals surface area contributed by atoms with Gasteiger partial charge in [-0.05, 0) is 63.0 Å². The Morgan fingerprint density at radius 2 is 0.929 bits per heavy atom. The van der Waals surface area contributed by atoms with Crippen molar-refractivity contribution in [2.24, 2.45) is 0 Å². The molecular weight excluding hydrogens is 683 g/mol. The molecule has 8 aromatic carbocycles. The Morgan fingerprint density at radius 1 is 0.411 bits per heavy atom. The van der Waals surface area contributed by atoms with E-state index < -0.39 is 5.41 Å². The van der Waals surface area contributed by atoms with Gasteiger partial charge in [0.15, 0.2) is 5.82 Å². The second-order valence-electron chi connectivity index (χ2n) is 14.4. The van der Waals surface area contributed by atoms with E-state index >= 15 is 0 Å². The molecule has 0 amide bonds. The number of nitriles is 1. The lowest BCUT2D eigenvalue weighted by atomic mass is 9.66. The number of ether oxygens (including phenoxy) is 1. The average Bonchev–Trinajstić information content (AvgIpc) is 3.56. The first kappa shape index (κ1) is 31.9. The maximum absolute atomic E-state index is 9.90. The van der Waals surface area contributed by atoms with E-state index in [2.05, 4.69) is 133 Å². The van der Waals surface area contributed by atoms with Crippen molar-refractivity contribution < 1.29 is 4.74 Å². The first-order chi connectivity index (χ1) is 27.7. The van der Waals surface area contributed by atoms with Gasteiger partial charge in [-0.15, -0.1) is 0 Å². The monoisotopic (exact) mass is 713 g/mol. The fourth-order valence-corrected chi connectivity index (χ4v) is 8.96. The fraction of sp³-hybridized carbons (Fsp3) is 0.0192. The van der Waals surface area contributed by atoms with Gasteiger partial charge in [0.25, 0.3) is 0 Å². The summed E-state index contributed by atoms with van der Waals surface area (Å²) in [6, 6.07) is 67.7. The minimum atomic E-state index is -0.623. The Balaban J connectivity index is 1.15. The summed E-state index contributed by atoms with van der Waals surface area (Å²) in [5.74, 6) is 2.18. The summed E-state index contributed by atoms with van der Waals surface area (Å²) in [6.07, 6.45) is 0. The zero-order chi connectivity index (χ0) is 37.2. The first-order valence-corrected chi connectivity index (χ1v) is 18.8. The van der Waals surface area contributed by atoms with Gasteiger partial charge in [0.1, 0.15) is 11.5 Å². The van der Waals surface area contributed by atoms with Crippen LogP contribution in [0.3, 0.4) is 0 Å². The maximum atomic E-state index is 9.90. The van der Waals surface area contributed by atoms with Crippen LogP contribution in [-0.2, 0) is 5.41 Å². The lowest BCUT2D eigenvalue weighted by Crippen LogP contribution is -2.32. The van der Waals surface area contributed by atoms with Crippen LogP contribution in [0.1, 0.15) is 27.8 Å². The smallest absolute Gasteiger partial charge is 0.160 e. The van der Waals surface area contributed by atoms with Crippen molar-refractivity contribution in [2.45, 2.75) is 5.41 Å². The largest absolute Gasteiger partial charge is 0.457 e. The summed E-state index contributed by atoms with van der Waals surface area (Å²) in [6.45, 7) is 0. The molecule has 0 saturated carbocycles. The number of hydrogen-bond acceptors (Lipinski definition) is 4. The van der Waals surface area contributed by atoms with E-state index in [1.807, 2.05) is 60.7 Å². The van der Waals surface area contributed by atoms with Crippen LogP contribution in [0, 0.1) is 11.3 Å². The maximum Gasteiger partial charge on any atom is 0.160 e. The molecule has 1 spiro atoms. The Morgan fingerprint density at radius 3 is 1.54 bits per heavy atom. The van der Waals surface area contributed by atoms with Gasteiger partial charge in [-0.1, -0.05) is 164 Å². The summed E-state index contributed by atoms with van der Waals surface area (Å²) >= 11 is 0. The van der Waals surface area contributed by atoms with Crippen molar-refractivity contribution >= 4 is 10.8 Å². The van der Waals surface area contributed by atoms with E-state index in [0.717, 1.165) is 72.6 Å². The van der Waals surface area contributed by atoms with Crippen molar-refractivity contribution in [3.63, 3.8) is 0 Å². The molecule has 0 radical (unpaired) electrons. The van der Waals surface area contributed by atoms with Gasteiger partial charge in [0, 0.05) is 33.2 Å². The molecule has 11 rings (SSSR count). The highest BCUT2D eigenvalue weighted by Gasteiger charge is 2.51. The minimum absolute atomic E-state index is 0.623. The molecule has 4 nitrogen and oxygen atoms in total. The van der Waals surface area contributed by atoms with Crippen molar-refractivity contribution in [1.29, 1.82) is 5.26 Å². The zero-order valence-electron chi connectivity index (χ0n) is 30.1. The molecule has 2 aliphatic rings. The van der Waals surface area contributed by atoms with Gasteiger partial charge in [-0.25, -0.2) is 9.97 Å². The molecule has 0 saturated heterocycles. The predicted molar refractivity (Wildman–Crippen MR) is 223 cm³/mol. The summed E-state index contributed by atoms with van der Waals surface area (Å²) in [4.78, 5) is 10.3. The average molecular weight is 714 g/mol. The van der Waals surface area contributed by atoms with Gasteiger partial charge in [0.05, 0.1) is 28.4 Å². The summed E-state index contributed by atoms with van der Waals surface area (Å²) in [7, 11) is 0. The lowest BCUT2D eigenvalue weighted by molar-refractivity contribution is 0.437. The third-order valence-electron chi connectivity index (χ3n) is 11.4. The molecule has 0 bridgehead atoms. The van der Waals surface area contributed by atoms with E-state index in [-0.39, 0.29) is 0 Å². The first-order valence-electron chi connectivity index (χ1n) is 18.8. The third kappa shape index (κ3) is 4.71. The van der Waals surface area contributed by atoms with E-state index in [1.165, 1.54) is 22.3 Å². The molecule has 1 aromatic heterocycles. The molecule has 4 heteroatoms. The van der Waals surface area contributed by atoms with Crippen LogP contribution in [0.15, 0.2) is 188 Å². The molecule has 1 aliphatic carbocycles. The number of hydrogen-bond donors (Lipinski definition) is 0. The minimum Gasteiger partial charge on any atom is -0.457 e. The molecule has 0 N–H and O–H groups in total. The highest BCUT2D eigenvalue weighted by Crippen LogP contribution is 2.62. The van der Waals surface area contributed by atoms with Crippen LogP contribution >= 0.6 is 0 Å². The topological polar surface area (TPSA) is 58.8 Å². The molecular formula is C52H31N3O. The van der Waals surface area contributed by atoms with Gasteiger partial charge in [-0.3, -0.25) is 0 Å². The van der Waals surface area contributed by atoms with Crippen LogP contribution < -0.4 is 4.74 Å². The van der Waals surface area contributed by atoms with Gasteiger partial charge < -0.3 is 4.74 Å². The van der Waals surface area contributed by atoms with Crippen LogP contribution in [-0.4, -0.2) is 9.97 Å². The number of rotatable bonds is 4. The predicted octanol–water partition coefficient (Wildman–Crippen LogP) is 12.6. The Bertz CT molecular complexity index is 2970. The quantitative estimate of drug-likeness (QED) is 0.182. The Hall–Kier alpha value is -7.61. The van der Waals surface area contributed by atoms with Crippen molar-refractivity contribution in [3.8, 4) is 73.7 Å². The summed E-state index contributed by atoms with van der Waals surface area (Å²) in [5, 5.41) is 11.9. The number of fused-ring (bicyclic) bond motifs is 10. The highest BCUT2D eigenvalue weighted by molar-refractivity contribution is 6.00. The molecule has 0 atom stereocenters. The van der Waals surface area contributed by atoms with E-state index in [4.69, 9.17) is 14.7 Å². The van der Waals surface area contributed by atoms with E-state index in [1.54, 1.807) is 0 Å². The SMILES string of the molecule is N#Cc1ccc(-c2ccc3c(c2)Oc2cc(-c4nc(-c5ccccc5)cc(-c5ccccc5)n4)ccc2C32c3ccccc3-c3ccccc32)c2ccccc12. The molecule has 260 valence electrons. The standard InChI is InChI=1S/C52H31N3O/c53-32-37-23-26-39(40-18-8-7-17-38(37)40)35-24-27-45-49(29-35)56-50-30-36(25-28-46(50)52(45)43-21-11-9-19-41(43)42-20-10-12-22-44(42)52)51-54-47(33-13-3-1-4-14-33)31-48(55-51)34-15-5-2-6-16-34/h1-31H. The van der Waals surface area contributed by atoms with Crippen molar-refractivity contribution in [2.75, 3.05) is 0 Å². The molecule has 9 aromatic rings. The second-order valence-corrected chi connectivity index (χ2v) is 14.4. The number of aromatic nitrogens is 2. The fourth-order valence-electron chi connectivity index (χ4n) is 8.96. The van der Waals surface area contributed by atoms with Crippen LogP contribution in [0.25, 0.3) is 66.9 Å². The molecule has 0 unspecified atom stereocenters. The molecule has 1 aliphatic heterocycles. The van der Waals surface area contributed by atoms with Crippen molar-refractivity contribution in [3.05, 3.63) is 216 Å². The Kier molecular flexibility index (Phi) is 7.10. The van der Waals surface area contributed by atoms with E-state index in [9.17, 15) is 5.26 Å². The van der Waals surface area contributed by atoms with Crippen LogP contribution in [0.2, 0.25) is 0 Å². The summed E-state index contributed by atoms with van der Waals surface area (Å²) < 4.78 is 7.10. The zero-order valence-corrected chi connectivity index (χ0v) is 30.1. The number of benzene rings is 8. The third-order valence-corrected chi connectivity index (χ3v) is 11.4. The van der Waals surface area contributed by atoms with Crippen LogP contribution in [0.4, 0.5) is 0 Å². The number of nitrogens with zero attached hydrogens (tertiary/aromatic N) is 3. The van der Waals surface area contributed by atoms with Gasteiger partial charge in [0.2, 0.25) is 0 Å². The molecule has 2 heterocycles. The molecule has 56 heavy (non-hydrogen) atoms. The van der Waals surface area contributed by atoms with Crippen molar-refractivity contribution in [1.82, 2.24) is 9.97 Å². The summed E-state index contributed by atoms with van der Waals surface area (Å²) in [5.41, 5.74) is 13.8. The van der Waals surface area contributed by atoms with Gasteiger partial charge >= 0.3 is 0 Å². The van der Waals surface area contributed by atoms with E-state index in [0.29, 0.717) is 11.4 Å². The highest BCUT2D eigenvalue weighted by atomic mass is 16.5. The Labute approximate surface area is 324 Å². The van der Waals surface area contributed by atoms with Gasteiger partial charge in [-0.2, -0.15) is 5.26 Å². The lowest BCUT2D eigenvalue weighted by Gasteiger charge is -2.39. The van der Waals surface area contributed by atoms with Crippen LogP contribution in [0.5, 0.6) is 11.5 Å².